The van der Waals surface area contributed by atoms with Gasteiger partial charge in [-0.1, -0.05) is 5.16 Å². The highest BCUT2D eigenvalue weighted by Gasteiger charge is 2.20. The lowest BCUT2D eigenvalue weighted by molar-refractivity contribution is 0.197. The molecule has 1 N–H and O–H groups in total. The maximum atomic E-state index is 12.3. The molecule has 0 aliphatic carbocycles. The number of hydrogen-bond donors (Lipinski definition) is 1. The van der Waals surface area contributed by atoms with Gasteiger partial charge in [0, 0.05) is 19.2 Å². The van der Waals surface area contributed by atoms with Gasteiger partial charge in [-0.2, -0.15) is 0 Å². The van der Waals surface area contributed by atoms with E-state index in [0.29, 0.717) is 13.1 Å². The number of likely N-dealkylation sites (N-methyl/N-ethyl adjacent to an activating group) is 1. The molecule has 23 heavy (non-hydrogen) atoms. The van der Waals surface area contributed by atoms with Gasteiger partial charge in [-0.3, -0.25) is 4.90 Å². The molecule has 0 saturated carbocycles. The molecule has 0 aromatic carbocycles. The summed E-state index contributed by atoms with van der Waals surface area (Å²) < 4.78 is 10.6. The Kier molecular flexibility index (Phi) is 5.44. The summed E-state index contributed by atoms with van der Waals surface area (Å²) in [5.41, 5.74) is 1.75. The minimum absolute atomic E-state index is 0.0126. The molecule has 0 radical (unpaired) electrons. The standard InChI is InChI=1S/C16H24N4O3/c1-11-13(12(2)23-18-11)10-20(5)16(21)17-9-14(19(3)4)15-7-6-8-22-15/h6-8,14H,9-10H2,1-5H3,(H,17,21). The van der Waals surface area contributed by atoms with Gasteiger partial charge < -0.3 is 19.2 Å². The number of aromatic nitrogens is 1. The zero-order valence-corrected chi connectivity index (χ0v) is 14.3. The van der Waals surface area contributed by atoms with Crippen molar-refractivity contribution >= 4 is 6.03 Å². The molecular weight excluding hydrogens is 296 g/mol. The quantitative estimate of drug-likeness (QED) is 0.884. The predicted molar refractivity (Wildman–Crippen MR) is 86.0 cm³/mol. The Labute approximate surface area is 136 Å². The Morgan fingerprint density at radius 3 is 2.61 bits per heavy atom. The third kappa shape index (κ3) is 4.13. The van der Waals surface area contributed by atoms with Crippen molar-refractivity contribution in [2.45, 2.75) is 26.4 Å². The number of amides is 2. The molecule has 0 fully saturated rings. The number of carbonyl (C=O) groups is 1. The molecule has 0 saturated heterocycles. The summed E-state index contributed by atoms with van der Waals surface area (Å²) in [5.74, 6) is 1.56. The Hall–Kier alpha value is -2.28. The van der Waals surface area contributed by atoms with Crippen LogP contribution in [0.25, 0.3) is 0 Å². The molecule has 7 heteroatoms. The van der Waals surface area contributed by atoms with Gasteiger partial charge in [-0.25, -0.2) is 4.79 Å². The van der Waals surface area contributed by atoms with Crippen molar-refractivity contribution < 1.29 is 13.7 Å². The smallest absolute Gasteiger partial charge is 0.317 e. The maximum absolute atomic E-state index is 12.3. The van der Waals surface area contributed by atoms with E-state index in [1.165, 1.54) is 0 Å². The van der Waals surface area contributed by atoms with Crippen LogP contribution in [0.15, 0.2) is 27.3 Å². The van der Waals surface area contributed by atoms with Crippen molar-refractivity contribution in [1.82, 2.24) is 20.3 Å². The van der Waals surface area contributed by atoms with E-state index in [4.69, 9.17) is 8.94 Å². The lowest BCUT2D eigenvalue weighted by Crippen LogP contribution is -2.41. The molecule has 2 heterocycles. The Morgan fingerprint density at radius 2 is 2.09 bits per heavy atom. The van der Waals surface area contributed by atoms with E-state index in [2.05, 4.69) is 10.5 Å². The van der Waals surface area contributed by atoms with Crippen molar-refractivity contribution in [2.24, 2.45) is 0 Å². The van der Waals surface area contributed by atoms with Gasteiger partial charge in [-0.05, 0) is 40.1 Å². The lowest BCUT2D eigenvalue weighted by Gasteiger charge is -2.24. The van der Waals surface area contributed by atoms with Crippen molar-refractivity contribution in [1.29, 1.82) is 0 Å². The fraction of sp³-hybridized carbons (Fsp3) is 0.500. The highest BCUT2D eigenvalue weighted by Crippen LogP contribution is 2.18. The SMILES string of the molecule is Cc1noc(C)c1CN(C)C(=O)NCC(c1ccco1)N(C)C. The molecule has 0 bridgehead atoms. The van der Waals surface area contributed by atoms with E-state index in [0.717, 1.165) is 22.8 Å². The fourth-order valence-electron chi connectivity index (χ4n) is 2.37. The largest absolute Gasteiger partial charge is 0.468 e. The first kappa shape index (κ1) is 17.1. The first-order chi connectivity index (χ1) is 10.9. The molecule has 2 aromatic heterocycles. The van der Waals surface area contributed by atoms with Crippen molar-refractivity contribution in [3.05, 3.63) is 41.2 Å². The maximum Gasteiger partial charge on any atom is 0.317 e. The normalized spacial score (nSPS) is 12.4. The van der Waals surface area contributed by atoms with Crippen LogP contribution in [0.3, 0.4) is 0 Å². The van der Waals surface area contributed by atoms with Gasteiger partial charge in [0.05, 0.1) is 24.5 Å². The average molecular weight is 320 g/mol. The topological polar surface area (TPSA) is 74.8 Å². The number of carbonyl (C=O) groups excluding carboxylic acids is 1. The molecule has 0 spiro atoms. The zero-order chi connectivity index (χ0) is 17.0. The number of furan rings is 1. The third-order valence-electron chi connectivity index (χ3n) is 3.86. The van der Waals surface area contributed by atoms with Gasteiger partial charge in [0.15, 0.2) is 0 Å². The number of urea groups is 1. The molecule has 2 rings (SSSR count). The Bertz CT molecular complexity index is 614. The molecule has 0 aliphatic rings. The van der Waals surface area contributed by atoms with E-state index >= 15 is 0 Å². The number of hydrogen-bond acceptors (Lipinski definition) is 5. The van der Waals surface area contributed by atoms with E-state index in [-0.39, 0.29) is 12.1 Å². The van der Waals surface area contributed by atoms with E-state index in [1.807, 2.05) is 45.0 Å². The van der Waals surface area contributed by atoms with Crippen molar-refractivity contribution in [3.8, 4) is 0 Å². The highest BCUT2D eigenvalue weighted by molar-refractivity contribution is 5.73. The Balaban J connectivity index is 1.93. The molecule has 2 amide bonds. The lowest BCUT2D eigenvalue weighted by atomic mass is 10.2. The summed E-state index contributed by atoms with van der Waals surface area (Å²) in [6.07, 6.45) is 1.64. The average Bonchev–Trinajstić information content (AvgIpc) is 3.12. The van der Waals surface area contributed by atoms with Crippen molar-refractivity contribution in [2.75, 3.05) is 27.7 Å². The van der Waals surface area contributed by atoms with Gasteiger partial charge in [0.1, 0.15) is 11.5 Å². The van der Waals surface area contributed by atoms with Gasteiger partial charge in [0.2, 0.25) is 0 Å². The van der Waals surface area contributed by atoms with Crippen LogP contribution in [0.5, 0.6) is 0 Å². The van der Waals surface area contributed by atoms with Crippen LogP contribution in [0.4, 0.5) is 4.79 Å². The first-order valence-electron chi connectivity index (χ1n) is 7.50. The molecule has 0 aliphatic heterocycles. The van der Waals surface area contributed by atoms with E-state index in [1.54, 1.807) is 18.2 Å². The third-order valence-corrected chi connectivity index (χ3v) is 3.86. The second-order valence-electron chi connectivity index (χ2n) is 5.84. The van der Waals surface area contributed by atoms with Gasteiger partial charge >= 0.3 is 6.03 Å². The fourth-order valence-corrected chi connectivity index (χ4v) is 2.37. The molecular formula is C16H24N4O3. The van der Waals surface area contributed by atoms with Crippen LogP contribution in [-0.4, -0.2) is 48.7 Å². The van der Waals surface area contributed by atoms with Gasteiger partial charge in [0.25, 0.3) is 0 Å². The zero-order valence-electron chi connectivity index (χ0n) is 14.3. The second-order valence-corrected chi connectivity index (χ2v) is 5.84. The van der Waals surface area contributed by atoms with Crippen LogP contribution < -0.4 is 5.32 Å². The summed E-state index contributed by atoms with van der Waals surface area (Å²) in [4.78, 5) is 15.9. The van der Waals surface area contributed by atoms with Crippen molar-refractivity contribution in [3.63, 3.8) is 0 Å². The van der Waals surface area contributed by atoms with Crippen LogP contribution in [0, 0.1) is 13.8 Å². The van der Waals surface area contributed by atoms with Crippen LogP contribution in [0.2, 0.25) is 0 Å². The monoisotopic (exact) mass is 320 g/mol. The molecule has 7 nitrogen and oxygen atoms in total. The molecule has 1 unspecified atom stereocenters. The molecule has 2 aromatic rings. The summed E-state index contributed by atoms with van der Waals surface area (Å²) in [7, 11) is 5.65. The minimum atomic E-state index is -0.150. The highest BCUT2D eigenvalue weighted by atomic mass is 16.5. The van der Waals surface area contributed by atoms with Crippen LogP contribution in [-0.2, 0) is 6.54 Å². The van der Waals surface area contributed by atoms with E-state index < -0.39 is 0 Å². The molecule has 1 atom stereocenters. The second kappa shape index (κ2) is 7.32. The summed E-state index contributed by atoms with van der Waals surface area (Å²) in [6, 6.07) is 3.59. The van der Waals surface area contributed by atoms with E-state index in [9.17, 15) is 4.79 Å². The van der Waals surface area contributed by atoms with Gasteiger partial charge in [-0.15, -0.1) is 0 Å². The first-order valence-corrected chi connectivity index (χ1v) is 7.50. The summed E-state index contributed by atoms with van der Waals surface area (Å²) >= 11 is 0. The van der Waals surface area contributed by atoms with Crippen LogP contribution in [0.1, 0.15) is 28.8 Å². The number of aryl methyl sites for hydroxylation is 2. The number of nitrogens with one attached hydrogen (secondary N) is 1. The predicted octanol–water partition coefficient (Wildman–Crippen LogP) is 2.33. The summed E-state index contributed by atoms with van der Waals surface area (Å²) in [5, 5.41) is 6.85. The summed E-state index contributed by atoms with van der Waals surface area (Å²) in [6.45, 7) is 4.64. The van der Waals surface area contributed by atoms with Crippen LogP contribution >= 0.6 is 0 Å². The number of rotatable bonds is 6. The number of nitrogens with zero attached hydrogens (tertiary/aromatic N) is 3. The minimum Gasteiger partial charge on any atom is -0.468 e. The Morgan fingerprint density at radius 1 is 1.35 bits per heavy atom. The molecule has 126 valence electrons.